The highest BCUT2D eigenvalue weighted by atomic mass is 35.5. The van der Waals surface area contributed by atoms with Crippen LogP contribution < -0.4 is 21.1 Å². The van der Waals surface area contributed by atoms with E-state index in [2.05, 4.69) is 4.98 Å². The monoisotopic (exact) mass is 417 g/mol. The van der Waals surface area contributed by atoms with E-state index >= 15 is 0 Å². The molecule has 2 aromatic rings. The van der Waals surface area contributed by atoms with Gasteiger partial charge in [-0.3, -0.25) is 4.58 Å². The minimum Gasteiger partial charge on any atom is -0.503 e. The quantitative estimate of drug-likeness (QED) is 0.583. The molecule has 0 saturated heterocycles. The van der Waals surface area contributed by atoms with Crippen molar-refractivity contribution < 1.29 is 27.1 Å². The molecule has 13 heteroatoms. The van der Waals surface area contributed by atoms with Crippen LogP contribution in [0.5, 0.6) is 0 Å². The molecule has 0 spiro atoms. The predicted molar refractivity (Wildman–Crippen MR) is 83.3 cm³/mol. The van der Waals surface area contributed by atoms with Crippen molar-refractivity contribution in [3.8, 4) is 0 Å². The minimum absolute atomic E-state index is 0.0732. The Morgan fingerprint density at radius 3 is 2.54 bits per heavy atom. The molecule has 142 valence electrons. The van der Waals surface area contributed by atoms with Gasteiger partial charge < -0.3 is 5.11 Å². The number of thiazole rings is 1. The Kier molecular flexibility index (Phi) is 4.18. The molecule has 0 amide bonds. The summed E-state index contributed by atoms with van der Waals surface area (Å²) in [5.74, 6) is -7.92. The third kappa shape index (κ3) is 2.54. The summed E-state index contributed by atoms with van der Waals surface area (Å²) >= 11 is 6.76. The van der Waals surface area contributed by atoms with Gasteiger partial charge in [0, 0.05) is 6.20 Å². The van der Waals surface area contributed by atoms with Crippen molar-refractivity contribution in [1.29, 1.82) is 0 Å². The maximum absolute atomic E-state index is 13.7. The zero-order valence-electron chi connectivity index (χ0n) is 13.2. The summed E-state index contributed by atoms with van der Waals surface area (Å²) in [5.41, 5.74) is -1.10. The first-order chi connectivity index (χ1) is 11.9. The van der Waals surface area contributed by atoms with Gasteiger partial charge in [-0.1, -0.05) is 11.6 Å². The molecule has 3 heterocycles. The second-order valence-corrected chi connectivity index (χ2v) is 7.36. The lowest BCUT2D eigenvalue weighted by Crippen LogP contribution is -2.46. The Balaban J connectivity index is 2.41. The average molecular weight is 418 g/mol. The highest BCUT2D eigenvalue weighted by molar-refractivity contribution is 7.15. The average Bonchev–Trinajstić information content (AvgIpc) is 3.15. The van der Waals surface area contributed by atoms with Gasteiger partial charge >= 0.3 is 23.3 Å². The van der Waals surface area contributed by atoms with E-state index in [1.165, 1.54) is 24.9 Å². The fourth-order valence-corrected chi connectivity index (χ4v) is 3.94. The molecule has 26 heavy (non-hydrogen) atoms. The largest absolute Gasteiger partial charge is 0.503 e. The predicted octanol–water partition coefficient (Wildman–Crippen LogP) is 0.884. The molecular formula is C13H11ClF5N4O2S+. The van der Waals surface area contributed by atoms with Gasteiger partial charge in [0.05, 0.1) is 19.0 Å². The van der Waals surface area contributed by atoms with Gasteiger partial charge in [0.25, 0.3) is 0 Å². The molecule has 1 atom stereocenters. The van der Waals surface area contributed by atoms with E-state index in [0.29, 0.717) is 4.88 Å². The maximum Gasteiger partial charge on any atom is 0.461 e. The third-order valence-electron chi connectivity index (χ3n) is 4.06. The van der Waals surface area contributed by atoms with E-state index in [1.807, 2.05) is 0 Å². The lowest BCUT2D eigenvalue weighted by molar-refractivity contribution is -0.261. The van der Waals surface area contributed by atoms with Gasteiger partial charge in [-0.2, -0.15) is 26.5 Å². The van der Waals surface area contributed by atoms with Crippen LogP contribution >= 0.6 is 22.9 Å². The number of likely N-dealkylation sites (N-methyl/N-ethyl adjacent to an activating group) is 1. The van der Waals surface area contributed by atoms with Crippen LogP contribution in [-0.4, -0.2) is 44.9 Å². The van der Waals surface area contributed by atoms with Gasteiger partial charge in [-0.25, -0.2) is 14.3 Å². The van der Waals surface area contributed by atoms with Crippen LogP contribution in [0.2, 0.25) is 4.47 Å². The molecule has 1 aliphatic rings. The van der Waals surface area contributed by atoms with Crippen molar-refractivity contribution in [2.45, 2.75) is 18.1 Å². The molecular weight excluding hydrogens is 407 g/mol. The Labute approximate surface area is 150 Å². The minimum atomic E-state index is -6.05. The summed E-state index contributed by atoms with van der Waals surface area (Å²) in [5, 5.41) is 8.63. The smallest absolute Gasteiger partial charge is 0.461 e. The van der Waals surface area contributed by atoms with E-state index in [4.69, 9.17) is 11.6 Å². The molecule has 0 fully saturated rings. The number of hydrogen-bond acceptors (Lipinski definition) is 4. The SMILES string of the molecule is Cn1c(=O)c(=C(O)C(F)(F)C(F)(F)F)n2c1=[N+](C)CC2c1cnc(Cl)s1. The van der Waals surface area contributed by atoms with Gasteiger partial charge in [0.2, 0.25) is 11.1 Å². The zero-order valence-corrected chi connectivity index (χ0v) is 14.8. The third-order valence-corrected chi connectivity index (χ3v) is 5.28. The number of aromatic nitrogens is 3. The molecule has 0 saturated carbocycles. The summed E-state index contributed by atoms with van der Waals surface area (Å²) in [6, 6.07) is -0.810. The van der Waals surface area contributed by atoms with Crippen molar-refractivity contribution >= 4 is 28.7 Å². The summed E-state index contributed by atoms with van der Waals surface area (Å²) < 4.78 is 68.9. The first-order valence-corrected chi connectivity index (χ1v) is 8.22. The van der Waals surface area contributed by atoms with Crippen LogP contribution in [0, 0.1) is 0 Å². The zero-order chi connectivity index (χ0) is 19.6. The number of alkyl halides is 5. The van der Waals surface area contributed by atoms with E-state index in [1.54, 1.807) is 0 Å². The lowest BCUT2D eigenvalue weighted by atomic mass is 10.2. The topological polar surface area (TPSA) is 63.1 Å². The standard InChI is InChI=1S/C13H10ClF5N4O2S/c1-21-4-5(6-3-20-10(14)26-6)23-7(9(25)22(2)11(21)23)8(24)12(15,16)13(17,18)19/h3,5H,4H2,1-2H3/p+1. The number of halogens is 6. The van der Waals surface area contributed by atoms with E-state index in [-0.39, 0.29) is 16.6 Å². The molecule has 1 N–H and O–H groups in total. The van der Waals surface area contributed by atoms with Gasteiger partial charge in [-0.15, -0.1) is 11.3 Å². The number of aliphatic hydroxyl groups is 1. The molecule has 3 rings (SSSR count). The van der Waals surface area contributed by atoms with E-state index in [0.717, 1.165) is 20.5 Å². The fraction of sp³-hybridized carbons (Fsp3) is 0.462. The molecule has 1 unspecified atom stereocenters. The summed E-state index contributed by atoms with van der Waals surface area (Å²) in [7, 11) is 2.76. The summed E-state index contributed by atoms with van der Waals surface area (Å²) in [6.07, 6.45) is -4.71. The number of nitrogens with zero attached hydrogens (tertiary/aromatic N) is 4. The number of aliphatic hydroxyl groups excluding tert-OH is 1. The van der Waals surface area contributed by atoms with E-state index < -0.39 is 34.8 Å². The molecule has 0 radical (unpaired) electrons. The highest BCUT2D eigenvalue weighted by Crippen LogP contribution is 2.40. The first kappa shape index (κ1) is 18.8. The second kappa shape index (κ2) is 5.78. The molecule has 0 aromatic carbocycles. The number of fused-ring (bicyclic) bond motifs is 1. The lowest BCUT2D eigenvalue weighted by Gasteiger charge is -2.18. The van der Waals surface area contributed by atoms with Crippen LogP contribution in [0.15, 0.2) is 11.0 Å². The van der Waals surface area contributed by atoms with Gasteiger partial charge in [0.15, 0.2) is 4.47 Å². The van der Waals surface area contributed by atoms with E-state index in [9.17, 15) is 31.9 Å². The van der Waals surface area contributed by atoms with Gasteiger partial charge in [0.1, 0.15) is 12.6 Å². The number of rotatable bonds is 2. The Bertz CT molecular complexity index is 1070. The van der Waals surface area contributed by atoms with Crippen molar-refractivity contribution in [3.63, 3.8) is 0 Å². The highest BCUT2D eigenvalue weighted by Gasteiger charge is 2.62. The van der Waals surface area contributed by atoms with Crippen LogP contribution in [-0.2, 0) is 7.05 Å². The van der Waals surface area contributed by atoms with Crippen molar-refractivity contribution in [2.24, 2.45) is 7.05 Å². The second-order valence-electron chi connectivity index (χ2n) is 5.72. The van der Waals surface area contributed by atoms with Crippen LogP contribution in [0.4, 0.5) is 22.0 Å². The molecule has 6 nitrogen and oxygen atoms in total. The van der Waals surface area contributed by atoms with Crippen molar-refractivity contribution in [2.75, 3.05) is 13.6 Å². The van der Waals surface area contributed by atoms with Crippen LogP contribution in [0.3, 0.4) is 0 Å². The number of hydrogen-bond donors (Lipinski definition) is 1. The summed E-state index contributed by atoms with van der Waals surface area (Å²) in [6.45, 7) is 0.167. The molecule has 0 aliphatic carbocycles. The first-order valence-electron chi connectivity index (χ1n) is 7.02. The molecule has 2 aromatic heterocycles. The Morgan fingerprint density at radius 1 is 1.42 bits per heavy atom. The summed E-state index contributed by atoms with van der Waals surface area (Å²) in [4.78, 5) is 16.6. The number of imidazole rings is 1. The van der Waals surface area contributed by atoms with Crippen molar-refractivity contribution in [1.82, 2.24) is 18.7 Å². The Hall–Kier alpha value is -1.95. The molecule has 0 bridgehead atoms. The fourth-order valence-electron chi connectivity index (χ4n) is 2.91. The normalized spacial score (nSPS) is 19.1. The molecule has 1 aliphatic heterocycles. The van der Waals surface area contributed by atoms with Crippen LogP contribution in [0.1, 0.15) is 10.9 Å². The van der Waals surface area contributed by atoms with Crippen LogP contribution in [0.25, 0.3) is 5.76 Å². The van der Waals surface area contributed by atoms with Crippen molar-refractivity contribution in [3.05, 3.63) is 36.9 Å². The maximum atomic E-state index is 13.7. The van der Waals surface area contributed by atoms with Gasteiger partial charge in [-0.05, 0) is 0 Å². The Morgan fingerprint density at radius 2 is 2.04 bits per heavy atom.